The van der Waals surface area contributed by atoms with Crippen molar-refractivity contribution in [2.24, 2.45) is 0 Å². The zero-order valence-electron chi connectivity index (χ0n) is 11.2. The van der Waals surface area contributed by atoms with Crippen molar-refractivity contribution in [1.82, 2.24) is 10.2 Å². The van der Waals surface area contributed by atoms with Gasteiger partial charge in [0.2, 0.25) is 0 Å². The van der Waals surface area contributed by atoms with E-state index < -0.39 is 0 Å². The van der Waals surface area contributed by atoms with Crippen molar-refractivity contribution in [2.75, 3.05) is 6.54 Å². The molecule has 1 fully saturated rings. The van der Waals surface area contributed by atoms with E-state index in [0.29, 0.717) is 18.2 Å². The molecule has 1 heterocycles. The maximum Gasteiger partial charge on any atom is 0.317 e. The number of carbonyl (C=O) groups is 1. The van der Waals surface area contributed by atoms with Crippen LogP contribution in [0.1, 0.15) is 37.3 Å². The van der Waals surface area contributed by atoms with Gasteiger partial charge in [0, 0.05) is 19.1 Å². The van der Waals surface area contributed by atoms with Gasteiger partial charge in [0.1, 0.15) is 0 Å². The Hall–Kier alpha value is -2.02. The molecule has 1 N–H and O–H groups in total. The second-order valence-corrected chi connectivity index (χ2v) is 5.01. The van der Waals surface area contributed by atoms with Gasteiger partial charge >= 0.3 is 6.03 Å². The first-order valence-corrected chi connectivity index (χ1v) is 6.74. The largest absolute Gasteiger partial charge is 0.334 e. The second kappa shape index (κ2) is 6.24. The Morgan fingerprint density at radius 2 is 2.16 bits per heavy atom. The van der Waals surface area contributed by atoms with Crippen LogP contribution in [0.25, 0.3) is 0 Å². The molecule has 100 valence electrons. The van der Waals surface area contributed by atoms with Crippen LogP contribution >= 0.6 is 0 Å². The number of likely N-dealkylation sites (tertiary alicyclic amines) is 1. The van der Waals surface area contributed by atoms with Gasteiger partial charge in [-0.25, -0.2) is 4.79 Å². The first-order valence-electron chi connectivity index (χ1n) is 6.74. The van der Waals surface area contributed by atoms with Gasteiger partial charge in [-0.1, -0.05) is 12.1 Å². The first-order chi connectivity index (χ1) is 9.20. The predicted molar refractivity (Wildman–Crippen MR) is 73.4 cm³/mol. The molecule has 0 aromatic heterocycles. The Morgan fingerprint density at radius 3 is 2.79 bits per heavy atom. The van der Waals surface area contributed by atoms with Gasteiger partial charge < -0.3 is 10.2 Å². The van der Waals surface area contributed by atoms with Gasteiger partial charge in [0.05, 0.1) is 11.6 Å². The van der Waals surface area contributed by atoms with Crippen LogP contribution in [-0.2, 0) is 6.54 Å². The molecule has 1 aromatic rings. The fourth-order valence-corrected chi connectivity index (χ4v) is 2.38. The van der Waals surface area contributed by atoms with E-state index in [1.54, 1.807) is 12.1 Å². The molecule has 4 nitrogen and oxygen atoms in total. The maximum atomic E-state index is 12.1. The number of carbonyl (C=O) groups excluding carboxylic acids is 1. The minimum absolute atomic E-state index is 0.0107. The second-order valence-electron chi connectivity index (χ2n) is 5.01. The third-order valence-corrected chi connectivity index (χ3v) is 3.59. The van der Waals surface area contributed by atoms with E-state index in [4.69, 9.17) is 5.26 Å². The fraction of sp³-hybridized carbons (Fsp3) is 0.467. The standard InChI is InChI=1S/C15H19N3O/c1-12-4-2-3-9-18(12)15(19)17-11-14-7-5-13(10-16)6-8-14/h5-8,12H,2-4,9,11H2,1H3,(H,17,19)/t12-/m0/s1. The number of nitriles is 1. The van der Waals surface area contributed by atoms with Crippen molar-refractivity contribution in [1.29, 1.82) is 5.26 Å². The van der Waals surface area contributed by atoms with Gasteiger partial charge in [-0.2, -0.15) is 5.26 Å². The summed E-state index contributed by atoms with van der Waals surface area (Å²) in [5.74, 6) is 0. The van der Waals surface area contributed by atoms with E-state index in [2.05, 4.69) is 18.3 Å². The van der Waals surface area contributed by atoms with Crippen LogP contribution in [0, 0.1) is 11.3 Å². The summed E-state index contributed by atoms with van der Waals surface area (Å²) < 4.78 is 0. The molecule has 0 aliphatic carbocycles. The summed E-state index contributed by atoms with van der Waals surface area (Å²) in [6, 6.07) is 9.70. The van der Waals surface area contributed by atoms with Crippen LogP contribution in [-0.4, -0.2) is 23.5 Å². The fourth-order valence-electron chi connectivity index (χ4n) is 2.38. The van der Waals surface area contributed by atoms with E-state index in [-0.39, 0.29) is 6.03 Å². The summed E-state index contributed by atoms with van der Waals surface area (Å²) in [4.78, 5) is 14.0. The lowest BCUT2D eigenvalue weighted by molar-refractivity contribution is 0.158. The Morgan fingerprint density at radius 1 is 1.42 bits per heavy atom. The molecule has 0 radical (unpaired) electrons. The number of hydrogen-bond donors (Lipinski definition) is 1. The maximum absolute atomic E-state index is 12.1. The molecule has 1 aliphatic rings. The van der Waals surface area contributed by atoms with Crippen molar-refractivity contribution in [2.45, 2.75) is 38.8 Å². The Kier molecular flexibility index (Phi) is 4.40. The summed E-state index contributed by atoms with van der Waals surface area (Å²) in [6.45, 7) is 3.45. The summed E-state index contributed by atoms with van der Waals surface area (Å²) in [5.41, 5.74) is 1.65. The van der Waals surface area contributed by atoms with E-state index in [9.17, 15) is 4.79 Å². The number of rotatable bonds is 2. The number of urea groups is 1. The SMILES string of the molecule is C[C@H]1CCCCN1C(=O)NCc1ccc(C#N)cc1. The summed E-state index contributed by atoms with van der Waals surface area (Å²) >= 11 is 0. The molecule has 0 bridgehead atoms. The zero-order chi connectivity index (χ0) is 13.7. The lowest BCUT2D eigenvalue weighted by atomic mass is 10.0. The predicted octanol–water partition coefficient (Wildman–Crippen LogP) is 2.64. The third kappa shape index (κ3) is 3.47. The highest BCUT2D eigenvalue weighted by atomic mass is 16.2. The van der Waals surface area contributed by atoms with Crippen molar-refractivity contribution in [3.63, 3.8) is 0 Å². The topological polar surface area (TPSA) is 56.1 Å². The minimum atomic E-state index is 0.0107. The Balaban J connectivity index is 1.87. The number of piperidine rings is 1. The highest BCUT2D eigenvalue weighted by Crippen LogP contribution is 2.16. The molecule has 1 aliphatic heterocycles. The van der Waals surface area contributed by atoms with E-state index in [0.717, 1.165) is 24.9 Å². The van der Waals surface area contributed by atoms with Gasteiger partial charge in [0.15, 0.2) is 0 Å². The number of nitrogens with zero attached hydrogens (tertiary/aromatic N) is 2. The molecular formula is C15H19N3O. The molecule has 2 rings (SSSR count). The van der Waals surface area contributed by atoms with Gasteiger partial charge in [-0.15, -0.1) is 0 Å². The Bertz CT molecular complexity index is 475. The highest BCUT2D eigenvalue weighted by molar-refractivity contribution is 5.74. The average Bonchev–Trinajstić information content (AvgIpc) is 2.46. The lowest BCUT2D eigenvalue weighted by Gasteiger charge is -2.33. The van der Waals surface area contributed by atoms with Crippen molar-refractivity contribution in [3.8, 4) is 6.07 Å². The lowest BCUT2D eigenvalue weighted by Crippen LogP contribution is -2.47. The Labute approximate surface area is 114 Å². The molecule has 0 unspecified atom stereocenters. The van der Waals surface area contributed by atoms with Crippen molar-refractivity contribution >= 4 is 6.03 Å². The van der Waals surface area contributed by atoms with Crippen molar-refractivity contribution in [3.05, 3.63) is 35.4 Å². The highest BCUT2D eigenvalue weighted by Gasteiger charge is 2.22. The smallest absolute Gasteiger partial charge is 0.317 e. The first kappa shape index (κ1) is 13.4. The number of nitrogens with one attached hydrogen (secondary N) is 1. The molecule has 1 saturated heterocycles. The molecule has 1 atom stereocenters. The van der Waals surface area contributed by atoms with Crippen LogP contribution in [0.5, 0.6) is 0 Å². The van der Waals surface area contributed by atoms with E-state index in [1.165, 1.54) is 6.42 Å². The van der Waals surface area contributed by atoms with Gasteiger partial charge in [0.25, 0.3) is 0 Å². The van der Waals surface area contributed by atoms with Crippen LogP contribution in [0.4, 0.5) is 4.79 Å². The summed E-state index contributed by atoms with van der Waals surface area (Å²) in [7, 11) is 0. The van der Waals surface area contributed by atoms with Crippen LogP contribution < -0.4 is 5.32 Å². The molecule has 2 amide bonds. The number of benzene rings is 1. The van der Waals surface area contributed by atoms with Crippen LogP contribution in [0.2, 0.25) is 0 Å². The van der Waals surface area contributed by atoms with E-state index >= 15 is 0 Å². The molecular weight excluding hydrogens is 238 g/mol. The van der Waals surface area contributed by atoms with Crippen molar-refractivity contribution < 1.29 is 4.79 Å². The van der Waals surface area contributed by atoms with Gasteiger partial charge in [-0.3, -0.25) is 0 Å². The monoisotopic (exact) mass is 257 g/mol. The minimum Gasteiger partial charge on any atom is -0.334 e. The van der Waals surface area contributed by atoms with E-state index in [1.807, 2.05) is 17.0 Å². The summed E-state index contributed by atoms with van der Waals surface area (Å²) in [6.07, 6.45) is 3.39. The quantitative estimate of drug-likeness (QED) is 0.885. The normalized spacial score (nSPS) is 18.7. The molecule has 19 heavy (non-hydrogen) atoms. The van der Waals surface area contributed by atoms with Crippen LogP contribution in [0.3, 0.4) is 0 Å². The molecule has 0 spiro atoms. The third-order valence-electron chi connectivity index (χ3n) is 3.59. The van der Waals surface area contributed by atoms with Gasteiger partial charge in [-0.05, 0) is 43.9 Å². The summed E-state index contributed by atoms with van der Waals surface area (Å²) in [5, 5.41) is 11.7. The molecule has 0 saturated carbocycles. The zero-order valence-corrected chi connectivity index (χ0v) is 11.2. The number of amides is 2. The molecule has 4 heteroatoms. The molecule has 1 aromatic carbocycles. The van der Waals surface area contributed by atoms with Crippen LogP contribution in [0.15, 0.2) is 24.3 Å². The number of hydrogen-bond acceptors (Lipinski definition) is 2. The average molecular weight is 257 g/mol.